The molecule has 0 aliphatic heterocycles. The number of hydrogen-bond acceptors (Lipinski definition) is 5. The lowest BCUT2D eigenvalue weighted by molar-refractivity contribution is 0.262. The number of aryl methyl sites for hydroxylation is 2. The van der Waals surface area contributed by atoms with E-state index in [0.717, 1.165) is 0 Å². The van der Waals surface area contributed by atoms with Gasteiger partial charge in [0.2, 0.25) is 0 Å². The molecule has 2 N–H and O–H groups in total. The third kappa shape index (κ3) is 7.42. The van der Waals surface area contributed by atoms with Gasteiger partial charge in [0.25, 0.3) is 0 Å². The van der Waals surface area contributed by atoms with E-state index in [1.54, 1.807) is 86.6 Å². The van der Waals surface area contributed by atoms with Gasteiger partial charge >= 0.3 is 6.03 Å². The largest absolute Gasteiger partial charge is 0.323 e. The van der Waals surface area contributed by atoms with Crippen molar-refractivity contribution in [3.05, 3.63) is 117 Å². The van der Waals surface area contributed by atoms with Gasteiger partial charge in [-0.3, -0.25) is 0 Å². The number of amides is 2. The van der Waals surface area contributed by atoms with E-state index >= 15 is 0 Å². The number of hydrogen-bond donors (Lipinski definition) is 2. The van der Waals surface area contributed by atoms with Crippen LogP contribution in [0.25, 0.3) is 0 Å². The Morgan fingerprint density at radius 2 is 0.950 bits per heavy atom. The van der Waals surface area contributed by atoms with E-state index in [0.29, 0.717) is 32.3 Å². The van der Waals surface area contributed by atoms with Crippen molar-refractivity contribution in [3.63, 3.8) is 0 Å². The van der Waals surface area contributed by atoms with E-state index in [2.05, 4.69) is 10.6 Å². The van der Waals surface area contributed by atoms with Gasteiger partial charge < -0.3 is 10.6 Å². The van der Waals surface area contributed by atoms with Crippen LogP contribution in [0, 0.1) is 13.8 Å². The summed E-state index contributed by atoms with van der Waals surface area (Å²) >= 11 is 11.8. The molecule has 0 saturated carbocycles. The van der Waals surface area contributed by atoms with Crippen molar-refractivity contribution in [1.82, 2.24) is 0 Å². The Kier molecular flexibility index (Phi) is 8.90. The first-order valence-electron chi connectivity index (χ1n) is 12.1. The summed E-state index contributed by atoms with van der Waals surface area (Å²) in [4.78, 5) is 13.0. The van der Waals surface area contributed by atoms with Crippen LogP contribution in [-0.2, 0) is 31.2 Å². The number of anilines is 2. The second-order valence-corrected chi connectivity index (χ2v) is 14.1. The van der Waals surface area contributed by atoms with Crippen LogP contribution in [0.4, 0.5) is 16.2 Å². The van der Waals surface area contributed by atoms with Crippen molar-refractivity contribution in [1.29, 1.82) is 0 Å². The van der Waals surface area contributed by atoms with Gasteiger partial charge in [-0.05, 0) is 84.6 Å². The Hall–Kier alpha value is -3.37. The molecule has 208 valence electrons. The molecular formula is C29H26Cl2N2O5S2. The lowest BCUT2D eigenvalue weighted by Gasteiger charge is -2.13. The SMILES string of the molecule is Cc1ccc(NC(=O)Nc2ccc(C)c(S(=O)(=O)Cc3ccc(Cl)cc3)c2)cc1S(=O)(=O)Cc1ccc(Cl)cc1. The molecule has 0 aliphatic rings. The van der Waals surface area contributed by atoms with Gasteiger partial charge in [-0.2, -0.15) is 0 Å². The smallest absolute Gasteiger partial charge is 0.308 e. The minimum Gasteiger partial charge on any atom is -0.308 e. The first kappa shape index (κ1) is 29.6. The predicted octanol–water partition coefficient (Wildman–Crippen LogP) is 7.20. The highest BCUT2D eigenvalue weighted by Crippen LogP contribution is 2.27. The quantitative estimate of drug-likeness (QED) is 0.217. The molecular weight excluding hydrogens is 591 g/mol. The van der Waals surface area contributed by atoms with Crippen molar-refractivity contribution >= 4 is 60.3 Å². The second kappa shape index (κ2) is 12.0. The Labute approximate surface area is 244 Å². The maximum Gasteiger partial charge on any atom is 0.323 e. The van der Waals surface area contributed by atoms with Gasteiger partial charge in [0.15, 0.2) is 19.7 Å². The summed E-state index contributed by atoms with van der Waals surface area (Å²) in [5.41, 5.74) is 2.77. The molecule has 4 rings (SSSR count). The summed E-state index contributed by atoms with van der Waals surface area (Å²) in [6, 6.07) is 21.6. The summed E-state index contributed by atoms with van der Waals surface area (Å²) in [6.07, 6.45) is 0. The Morgan fingerprint density at radius 3 is 1.30 bits per heavy atom. The molecule has 2 amide bonds. The van der Waals surface area contributed by atoms with Crippen LogP contribution in [0.2, 0.25) is 10.0 Å². The normalized spacial score (nSPS) is 11.7. The van der Waals surface area contributed by atoms with E-state index < -0.39 is 25.7 Å². The topological polar surface area (TPSA) is 109 Å². The average Bonchev–Trinajstić information content (AvgIpc) is 2.88. The second-order valence-electron chi connectivity index (χ2n) is 9.31. The van der Waals surface area contributed by atoms with Gasteiger partial charge in [0, 0.05) is 21.4 Å². The molecule has 7 nitrogen and oxygen atoms in total. The van der Waals surface area contributed by atoms with Crippen molar-refractivity contribution in [2.75, 3.05) is 10.6 Å². The number of urea groups is 1. The summed E-state index contributed by atoms with van der Waals surface area (Å²) in [7, 11) is -7.44. The zero-order chi connectivity index (χ0) is 29.1. The highest BCUT2D eigenvalue weighted by atomic mass is 35.5. The first-order chi connectivity index (χ1) is 18.8. The first-order valence-corrected chi connectivity index (χ1v) is 16.1. The van der Waals surface area contributed by atoms with Crippen molar-refractivity contribution < 1.29 is 21.6 Å². The number of rotatable bonds is 8. The molecule has 0 atom stereocenters. The fraction of sp³-hybridized carbons (Fsp3) is 0.138. The summed E-state index contributed by atoms with van der Waals surface area (Å²) < 4.78 is 52.5. The summed E-state index contributed by atoms with van der Waals surface area (Å²) in [5.74, 6) is -0.450. The number of halogens is 2. The number of nitrogens with one attached hydrogen (secondary N) is 2. The third-order valence-electron chi connectivity index (χ3n) is 6.10. The molecule has 11 heteroatoms. The zero-order valence-electron chi connectivity index (χ0n) is 21.6. The van der Waals surface area contributed by atoms with E-state index in [-0.39, 0.29) is 32.7 Å². The van der Waals surface area contributed by atoms with Crippen LogP contribution < -0.4 is 10.6 Å². The van der Waals surface area contributed by atoms with Gasteiger partial charge in [0.1, 0.15) is 0 Å². The molecule has 0 bridgehead atoms. The van der Waals surface area contributed by atoms with Crippen LogP contribution in [0.15, 0.2) is 94.7 Å². The molecule has 0 spiro atoms. The molecule has 0 radical (unpaired) electrons. The molecule has 0 saturated heterocycles. The Bertz CT molecular complexity index is 1640. The molecule has 0 unspecified atom stereocenters. The maximum absolute atomic E-state index is 13.1. The van der Waals surface area contributed by atoms with Gasteiger partial charge in [-0.25, -0.2) is 21.6 Å². The molecule has 4 aromatic carbocycles. The van der Waals surface area contributed by atoms with Crippen molar-refractivity contribution in [3.8, 4) is 0 Å². The van der Waals surface area contributed by atoms with E-state index in [4.69, 9.17) is 23.2 Å². The summed E-state index contributed by atoms with van der Waals surface area (Å²) in [6.45, 7) is 3.35. The van der Waals surface area contributed by atoms with E-state index in [9.17, 15) is 21.6 Å². The Balaban J connectivity index is 1.50. The van der Waals surface area contributed by atoms with Gasteiger partial charge in [-0.1, -0.05) is 59.6 Å². The number of sulfone groups is 2. The van der Waals surface area contributed by atoms with Crippen LogP contribution in [0.5, 0.6) is 0 Å². The molecule has 40 heavy (non-hydrogen) atoms. The molecule has 0 heterocycles. The summed E-state index contributed by atoms with van der Waals surface area (Å²) in [5, 5.41) is 6.27. The van der Waals surface area contributed by atoms with Gasteiger partial charge in [0.05, 0.1) is 21.3 Å². The highest BCUT2D eigenvalue weighted by molar-refractivity contribution is 7.91. The third-order valence-corrected chi connectivity index (χ3v) is 10.3. The molecule has 0 fully saturated rings. The number of carbonyl (C=O) groups excluding carboxylic acids is 1. The lowest BCUT2D eigenvalue weighted by atomic mass is 10.2. The monoisotopic (exact) mass is 616 g/mol. The fourth-order valence-electron chi connectivity index (χ4n) is 4.07. The Morgan fingerprint density at radius 1 is 0.600 bits per heavy atom. The van der Waals surface area contributed by atoms with Crippen LogP contribution >= 0.6 is 23.2 Å². The number of carbonyl (C=O) groups is 1. The standard InChI is InChI=1S/C29H26Cl2N2O5S2/c1-19-3-13-25(15-27(19)39(35,36)17-21-5-9-23(30)10-6-21)32-29(34)33-26-14-4-20(2)28(16-26)40(37,38)18-22-7-11-24(31)12-8-22/h3-16H,17-18H2,1-2H3,(H2,32,33,34). The van der Waals surface area contributed by atoms with E-state index in [1.807, 2.05) is 0 Å². The molecule has 4 aromatic rings. The van der Waals surface area contributed by atoms with Gasteiger partial charge in [-0.15, -0.1) is 0 Å². The zero-order valence-corrected chi connectivity index (χ0v) is 24.8. The maximum atomic E-state index is 13.1. The fourth-order valence-corrected chi connectivity index (χ4v) is 7.63. The average molecular weight is 618 g/mol. The van der Waals surface area contributed by atoms with Crippen LogP contribution in [-0.4, -0.2) is 22.9 Å². The van der Waals surface area contributed by atoms with Crippen molar-refractivity contribution in [2.45, 2.75) is 35.1 Å². The lowest BCUT2D eigenvalue weighted by Crippen LogP contribution is -2.20. The minimum atomic E-state index is -3.72. The number of benzene rings is 4. The van der Waals surface area contributed by atoms with Crippen LogP contribution in [0.1, 0.15) is 22.3 Å². The minimum absolute atomic E-state index is 0.0890. The molecule has 0 aromatic heterocycles. The predicted molar refractivity (Wildman–Crippen MR) is 160 cm³/mol. The highest BCUT2D eigenvalue weighted by Gasteiger charge is 2.21. The molecule has 0 aliphatic carbocycles. The van der Waals surface area contributed by atoms with Crippen LogP contribution in [0.3, 0.4) is 0 Å². The van der Waals surface area contributed by atoms with E-state index in [1.165, 1.54) is 12.1 Å². The van der Waals surface area contributed by atoms with Crippen molar-refractivity contribution in [2.24, 2.45) is 0 Å².